The number of hydrogen-bond acceptors (Lipinski definition) is 8. The van der Waals surface area contributed by atoms with Gasteiger partial charge in [0.2, 0.25) is 0 Å². The zero-order valence-corrected chi connectivity index (χ0v) is 18.6. The molecule has 158 valence electrons. The highest BCUT2D eigenvalue weighted by Gasteiger charge is 2.33. The van der Waals surface area contributed by atoms with Gasteiger partial charge in [-0.25, -0.2) is 4.79 Å². The zero-order chi connectivity index (χ0) is 21.2. The fourth-order valence-corrected chi connectivity index (χ4v) is 5.18. The van der Waals surface area contributed by atoms with Crippen LogP contribution in [0.5, 0.6) is 0 Å². The third-order valence-electron chi connectivity index (χ3n) is 3.35. The van der Waals surface area contributed by atoms with Crippen LogP contribution in [0, 0.1) is 5.92 Å². The minimum atomic E-state index is -4.25. The Kier molecular flexibility index (Phi) is 11.0. The molecule has 1 rings (SSSR count). The standard InChI is InChI=1S/C17H26NO7PS2/c1-4-23-15(19)10-18(12-26(21,22)25-16(28-27)13(2)3)17(20)24-11-14-8-6-5-7-9-14/h5-9,13,16,27H,4,10-12H2,1-3H3,(H,21,22). The molecule has 8 nitrogen and oxygen atoms in total. The summed E-state index contributed by atoms with van der Waals surface area (Å²) in [4.78, 5) is 35.2. The summed E-state index contributed by atoms with van der Waals surface area (Å²) >= 11 is 4.04. The normalized spacial score (nSPS) is 14.2. The Hall–Kier alpha value is -1.19. The molecule has 0 saturated heterocycles. The Bertz CT molecular complexity index is 675. The van der Waals surface area contributed by atoms with Crippen molar-refractivity contribution in [2.24, 2.45) is 5.92 Å². The van der Waals surface area contributed by atoms with E-state index in [9.17, 15) is 19.0 Å². The number of carbonyl (C=O) groups excluding carboxylic acids is 2. The van der Waals surface area contributed by atoms with Crippen LogP contribution < -0.4 is 0 Å². The summed E-state index contributed by atoms with van der Waals surface area (Å²) in [7, 11) is -3.27. The summed E-state index contributed by atoms with van der Waals surface area (Å²) in [5.74, 6) is -0.811. The number of nitrogens with zero attached hydrogens (tertiary/aromatic N) is 1. The highest BCUT2D eigenvalue weighted by atomic mass is 33.1. The number of ether oxygens (including phenoxy) is 2. The lowest BCUT2D eigenvalue weighted by molar-refractivity contribution is -0.143. The molecule has 2 atom stereocenters. The lowest BCUT2D eigenvalue weighted by atomic mass is 10.2. The maximum Gasteiger partial charge on any atom is 0.411 e. The van der Waals surface area contributed by atoms with E-state index in [1.54, 1.807) is 45.0 Å². The van der Waals surface area contributed by atoms with Gasteiger partial charge in [0.15, 0.2) is 0 Å². The van der Waals surface area contributed by atoms with Crippen LogP contribution in [-0.4, -0.2) is 46.7 Å². The van der Waals surface area contributed by atoms with Crippen molar-refractivity contribution in [1.82, 2.24) is 4.90 Å². The molecule has 0 spiro atoms. The molecule has 0 radical (unpaired) electrons. The van der Waals surface area contributed by atoms with Gasteiger partial charge >= 0.3 is 19.7 Å². The summed E-state index contributed by atoms with van der Waals surface area (Å²) < 4.78 is 27.7. The zero-order valence-electron chi connectivity index (χ0n) is 16.0. The molecule has 0 bridgehead atoms. The van der Waals surface area contributed by atoms with E-state index in [0.29, 0.717) is 0 Å². The van der Waals surface area contributed by atoms with Gasteiger partial charge in [-0.2, -0.15) is 0 Å². The highest BCUT2D eigenvalue weighted by molar-refractivity contribution is 8.68. The predicted molar refractivity (Wildman–Crippen MR) is 111 cm³/mol. The van der Waals surface area contributed by atoms with Crippen LogP contribution in [0.4, 0.5) is 4.79 Å². The maximum atomic E-state index is 12.5. The van der Waals surface area contributed by atoms with Crippen molar-refractivity contribution in [3.05, 3.63) is 35.9 Å². The largest absolute Gasteiger partial charge is 0.465 e. The molecule has 0 fully saturated rings. The van der Waals surface area contributed by atoms with Gasteiger partial charge in [0, 0.05) is 0 Å². The number of benzene rings is 1. The van der Waals surface area contributed by atoms with Crippen molar-refractivity contribution in [3.8, 4) is 0 Å². The fourth-order valence-electron chi connectivity index (χ4n) is 2.02. The second-order valence-corrected chi connectivity index (χ2v) is 9.22. The van der Waals surface area contributed by atoms with E-state index in [2.05, 4.69) is 11.7 Å². The van der Waals surface area contributed by atoms with E-state index in [0.717, 1.165) is 21.3 Å². The van der Waals surface area contributed by atoms with Gasteiger partial charge in [-0.1, -0.05) is 55.0 Å². The van der Waals surface area contributed by atoms with Crippen molar-refractivity contribution >= 4 is 42.1 Å². The monoisotopic (exact) mass is 451 g/mol. The lowest BCUT2D eigenvalue weighted by Crippen LogP contribution is -2.38. The molecule has 2 unspecified atom stereocenters. The molecule has 0 saturated carbocycles. The number of rotatable bonds is 11. The Balaban J connectivity index is 2.83. The van der Waals surface area contributed by atoms with Crippen LogP contribution in [0.1, 0.15) is 26.3 Å². The molecule has 28 heavy (non-hydrogen) atoms. The molecule has 0 aromatic heterocycles. The number of thiol groups is 1. The second-order valence-electron chi connectivity index (χ2n) is 6.15. The maximum absolute atomic E-state index is 12.5. The minimum absolute atomic E-state index is 0.0449. The van der Waals surface area contributed by atoms with Crippen LogP contribution in [0.3, 0.4) is 0 Å². The van der Waals surface area contributed by atoms with Gasteiger partial charge in [0.05, 0.1) is 6.61 Å². The quantitative estimate of drug-likeness (QED) is 0.172. The summed E-state index contributed by atoms with van der Waals surface area (Å²) in [5, 5.41) is 0. The molecule has 11 heteroatoms. The van der Waals surface area contributed by atoms with E-state index < -0.39 is 37.9 Å². The summed E-state index contributed by atoms with van der Waals surface area (Å²) in [6.07, 6.45) is -1.63. The van der Waals surface area contributed by atoms with Gasteiger partial charge in [-0.15, -0.1) is 11.7 Å². The number of carbonyl (C=O) groups is 2. The van der Waals surface area contributed by atoms with E-state index in [-0.39, 0.29) is 19.1 Å². The van der Waals surface area contributed by atoms with Crippen molar-refractivity contribution in [1.29, 1.82) is 0 Å². The smallest absolute Gasteiger partial charge is 0.411 e. The molecular weight excluding hydrogens is 425 g/mol. The molecule has 1 aromatic carbocycles. The van der Waals surface area contributed by atoms with E-state index in [1.807, 2.05) is 6.07 Å². The Labute approximate surface area is 174 Å². The van der Waals surface area contributed by atoms with Gasteiger partial charge in [-0.3, -0.25) is 18.8 Å². The van der Waals surface area contributed by atoms with Crippen molar-refractivity contribution < 1.29 is 33.0 Å². The number of amides is 1. The molecule has 1 N–H and O–H groups in total. The topological polar surface area (TPSA) is 102 Å². The van der Waals surface area contributed by atoms with Crippen LogP contribution in [-0.2, 0) is 30.0 Å². The molecule has 1 amide bonds. The van der Waals surface area contributed by atoms with Crippen molar-refractivity contribution in [2.75, 3.05) is 19.4 Å². The second kappa shape index (κ2) is 12.4. The van der Waals surface area contributed by atoms with Crippen LogP contribution in [0.25, 0.3) is 0 Å². The highest BCUT2D eigenvalue weighted by Crippen LogP contribution is 2.47. The average molecular weight is 452 g/mol. The van der Waals surface area contributed by atoms with Crippen LogP contribution >= 0.6 is 30.1 Å². The van der Waals surface area contributed by atoms with E-state index >= 15 is 0 Å². The average Bonchev–Trinajstić information content (AvgIpc) is 2.64. The minimum Gasteiger partial charge on any atom is -0.465 e. The fraction of sp³-hybridized carbons (Fsp3) is 0.529. The number of hydrogen-bond donors (Lipinski definition) is 2. The van der Waals surface area contributed by atoms with Gasteiger partial charge in [-0.05, 0) is 18.4 Å². The molecule has 0 aliphatic heterocycles. The Morgan fingerprint density at radius 2 is 1.89 bits per heavy atom. The third-order valence-corrected chi connectivity index (χ3v) is 6.22. The van der Waals surface area contributed by atoms with Gasteiger partial charge in [0.1, 0.15) is 24.9 Å². The summed E-state index contributed by atoms with van der Waals surface area (Å²) in [6.45, 7) is 4.77. The van der Waals surface area contributed by atoms with Crippen molar-refractivity contribution in [2.45, 2.75) is 32.8 Å². The molecule has 0 aliphatic rings. The Morgan fingerprint density at radius 1 is 1.25 bits per heavy atom. The van der Waals surface area contributed by atoms with E-state index in [4.69, 9.17) is 14.0 Å². The molecule has 1 aromatic rings. The molecular formula is C17H26NO7PS2. The molecule has 0 aliphatic carbocycles. The third kappa shape index (κ3) is 9.34. The first-order valence-electron chi connectivity index (χ1n) is 8.60. The van der Waals surface area contributed by atoms with Crippen LogP contribution in [0.15, 0.2) is 30.3 Å². The first-order valence-corrected chi connectivity index (χ1v) is 12.3. The first-order chi connectivity index (χ1) is 13.2. The van der Waals surface area contributed by atoms with Gasteiger partial charge < -0.3 is 14.4 Å². The lowest BCUT2D eigenvalue weighted by Gasteiger charge is -2.26. The first kappa shape index (κ1) is 24.8. The summed E-state index contributed by atoms with van der Waals surface area (Å²) in [5.41, 5.74) is 0.0747. The van der Waals surface area contributed by atoms with Crippen LogP contribution in [0.2, 0.25) is 0 Å². The summed E-state index contributed by atoms with van der Waals surface area (Å²) in [6, 6.07) is 8.93. The SMILES string of the molecule is CCOC(=O)CN(CP(=O)(O)OC(SS)C(C)C)C(=O)OCc1ccccc1. The van der Waals surface area contributed by atoms with Gasteiger partial charge in [0.25, 0.3) is 0 Å². The Morgan fingerprint density at radius 3 is 2.43 bits per heavy atom. The molecule has 0 heterocycles. The number of esters is 1. The predicted octanol–water partition coefficient (Wildman–Crippen LogP) is 3.91. The van der Waals surface area contributed by atoms with Crippen molar-refractivity contribution in [3.63, 3.8) is 0 Å². The van der Waals surface area contributed by atoms with E-state index in [1.165, 1.54) is 0 Å².